The molecule has 7 heteroatoms. The second-order valence-electron chi connectivity index (χ2n) is 11.1. The molecule has 4 atom stereocenters. The molecule has 3 aliphatic carbocycles. The van der Waals surface area contributed by atoms with Crippen molar-refractivity contribution in [1.29, 1.82) is 0 Å². The molecule has 6 nitrogen and oxygen atoms in total. The van der Waals surface area contributed by atoms with Gasteiger partial charge < -0.3 is 14.9 Å². The van der Waals surface area contributed by atoms with E-state index in [1.807, 2.05) is 40.1 Å². The monoisotopic (exact) mass is 520 g/mol. The van der Waals surface area contributed by atoms with E-state index in [4.69, 9.17) is 11.6 Å². The Labute approximate surface area is 222 Å². The third kappa shape index (κ3) is 4.43. The Morgan fingerprint density at radius 2 is 1.76 bits per heavy atom. The molecule has 2 aromatic rings. The summed E-state index contributed by atoms with van der Waals surface area (Å²) in [5.41, 5.74) is 4.20. The van der Waals surface area contributed by atoms with Crippen molar-refractivity contribution in [1.82, 2.24) is 4.90 Å². The third-order valence-corrected chi connectivity index (χ3v) is 9.06. The number of aryl methyl sites for hydroxylation is 1. The molecule has 37 heavy (non-hydrogen) atoms. The molecule has 6 rings (SSSR count). The van der Waals surface area contributed by atoms with Crippen LogP contribution in [0.4, 0.5) is 5.69 Å². The summed E-state index contributed by atoms with van der Waals surface area (Å²) in [6, 6.07) is 14.1. The lowest BCUT2D eigenvalue weighted by Gasteiger charge is -2.49. The fourth-order valence-corrected chi connectivity index (χ4v) is 7.31. The molecule has 194 valence electrons. The lowest BCUT2D eigenvalue weighted by molar-refractivity contribution is -0.143. The fraction of sp³-hybridized carbons (Fsp3) is 0.500. The highest BCUT2D eigenvalue weighted by atomic mass is 35.5. The largest absolute Gasteiger partial charge is 0.481 e. The average molecular weight is 521 g/mol. The molecule has 0 spiro atoms. The van der Waals surface area contributed by atoms with E-state index in [9.17, 15) is 19.5 Å². The van der Waals surface area contributed by atoms with E-state index in [2.05, 4.69) is 12.1 Å². The Morgan fingerprint density at radius 3 is 2.54 bits per heavy atom. The minimum absolute atomic E-state index is 0.00411. The molecule has 2 saturated carbocycles. The Kier molecular flexibility index (Phi) is 6.47. The molecular formula is C30H33ClN2O4. The third-order valence-electron chi connectivity index (χ3n) is 8.83. The molecule has 2 fully saturated rings. The summed E-state index contributed by atoms with van der Waals surface area (Å²) >= 11 is 6.52. The van der Waals surface area contributed by atoms with Crippen LogP contribution in [0.3, 0.4) is 0 Å². The summed E-state index contributed by atoms with van der Waals surface area (Å²) in [5, 5.41) is 9.78. The van der Waals surface area contributed by atoms with Gasteiger partial charge in [-0.25, -0.2) is 0 Å². The minimum atomic E-state index is -0.955. The fourth-order valence-electron chi connectivity index (χ4n) is 7.14. The topological polar surface area (TPSA) is 77.9 Å². The average Bonchev–Trinajstić information content (AvgIpc) is 3.61. The predicted octanol–water partition coefficient (Wildman–Crippen LogP) is 5.87. The maximum Gasteiger partial charge on any atom is 0.303 e. The van der Waals surface area contributed by atoms with Crippen LogP contribution in [0.2, 0.25) is 5.02 Å². The number of benzene rings is 2. The maximum absolute atomic E-state index is 14.4. The van der Waals surface area contributed by atoms with Gasteiger partial charge in [-0.1, -0.05) is 48.4 Å². The predicted molar refractivity (Wildman–Crippen MR) is 142 cm³/mol. The molecule has 2 aromatic carbocycles. The summed E-state index contributed by atoms with van der Waals surface area (Å²) in [6.07, 6.45) is 7.40. The molecule has 1 N–H and O–H groups in total. The number of carboxylic acid groups (broad SMARTS) is 1. The SMILES string of the molecule is O=C(O)CCC(=O)N(C1CC1)[C@H]1c2ccc(Cl)cc2N(C(=O)C2CCCc3ccccc32)[C@H]2CCC[C@H]21. The van der Waals surface area contributed by atoms with Crippen molar-refractivity contribution in [3.8, 4) is 0 Å². The highest BCUT2D eigenvalue weighted by Gasteiger charge is 2.52. The zero-order valence-corrected chi connectivity index (χ0v) is 21.7. The number of fused-ring (bicyclic) bond motifs is 3. The number of nitrogens with zero attached hydrogens (tertiary/aromatic N) is 2. The summed E-state index contributed by atoms with van der Waals surface area (Å²) < 4.78 is 0. The van der Waals surface area contributed by atoms with Crippen LogP contribution in [-0.4, -0.2) is 39.9 Å². The first-order valence-corrected chi connectivity index (χ1v) is 14.0. The van der Waals surface area contributed by atoms with Gasteiger partial charge >= 0.3 is 5.97 Å². The van der Waals surface area contributed by atoms with Crippen molar-refractivity contribution in [3.05, 3.63) is 64.2 Å². The zero-order valence-electron chi connectivity index (χ0n) is 20.9. The summed E-state index contributed by atoms with van der Waals surface area (Å²) in [5.74, 6) is -0.955. The summed E-state index contributed by atoms with van der Waals surface area (Å²) in [4.78, 5) is 43.1. The standard InChI is InChI=1S/C30H33ClN2O4/c31-19-11-14-24-26(17-19)33(30(37)22-8-3-6-18-5-1-2-7-21(18)22)25-10-4-9-23(25)29(24)32(20-12-13-20)27(34)15-16-28(35)36/h1-2,5,7,11,14,17,20,22-23,25,29H,3-4,6,8-10,12-13,15-16H2,(H,35,36)/t22?,23-,25+,29-/m1/s1. The normalized spacial score (nSPS) is 26.1. The molecule has 0 saturated heterocycles. The van der Waals surface area contributed by atoms with Gasteiger partial charge in [-0.15, -0.1) is 0 Å². The Bertz CT molecular complexity index is 1240. The van der Waals surface area contributed by atoms with E-state index < -0.39 is 5.97 Å². The second-order valence-corrected chi connectivity index (χ2v) is 11.5. The first-order chi connectivity index (χ1) is 17.9. The number of hydrogen-bond donors (Lipinski definition) is 1. The van der Waals surface area contributed by atoms with Crippen LogP contribution in [0.1, 0.15) is 86.4 Å². The molecule has 0 radical (unpaired) electrons. The summed E-state index contributed by atoms with van der Waals surface area (Å²) in [7, 11) is 0. The van der Waals surface area contributed by atoms with Crippen molar-refractivity contribution in [2.45, 2.75) is 88.3 Å². The summed E-state index contributed by atoms with van der Waals surface area (Å²) in [6.45, 7) is 0. The van der Waals surface area contributed by atoms with Gasteiger partial charge in [-0.2, -0.15) is 0 Å². The highest BCUT2D eigenvalue weighted by molar-refractivity contribution is 6.31. The van der Waals surface area contributed by atoms with Crippen molar-refractivity contribution in [3.63, 3.8) is 0 Å². The zero-order chi connectivity index (χ0) is 25.7. The van der Waals surface area contributed by atoms with Crippen LogP contribution in [-0.2, 0) is 20.8 Å². The van der Waals surface area contributed by atoms with E-state index in [0.29, 0.717) is 5.02 Å². The molecule has 4 aliphatic rings. The van der Waals surface area contributed by atoms with E-state index in [-0.39, 0.29) is 54.6 Å². The number of carboxylic acids is 1. The quantitative estimate of drug-likeness (QED) is 0.516. The van der Waals surface area contributed by atoms with E-state index in [1.165, 1.54) is 5.56 Å². The number of carbonyl (C=O) groups excluding carboxylic acids is 2. The Hall–Kier alpha value is -2.86. The second kappa shape index (κ2) is 9.79. The lowest BCUT2D eigenvalue weighted by atomic mass is 9.78. The Morgan fingerprint density at radius 1 is 0.946 bits per heavy atom. The van der Waals surface area contributed by atoms with Gasteiger partial charge in [0.05, 0.1) is 24.1 Å². The van der Waals surface area contributed by atoms with Crippen LogP contribution in [0, 0.1) is 5.92 Å². The molecule has 1 unspecified atom stereocenters. The number of halogens is 1. The smallest absolute Gasteiger partial charge is 0.303 e. The molecule has 0 aromatic heterocycles. The van der Waals surface area contributed by atoms with Crippen molar-refractivity contribution < 1.29 is 19.5 Å². The van der Waals surface area contributed by atoms with E-state index in [0.717, 1.165) is 68.2 Å². The van der Waals surface area contributed by atoms with Gasteiger partial charge in [0.25, 0.3) is 0 Å². The van der Waals surface area contributed by atoms with E-state index >= 15 is 0 Å². The van der Waals surface area contributed by atoms with Gasteiger partial charge in [0.1, 0.15) is 0 Å². The number of anilines is 1. The number of rotatable bonds is 6. The number of hydrogen-bond acceptors (Lipinski definition) is 3. The van der Waals surface area contributed by atoms with Gasteiger partial charge in [0, 0.05) is 29.4 Å². The Balaban J connectivity index is 1.42. The molecule has 1 aliphatic heterocycles. The van der Waals surface area contributed by atoms with Crippen molar-refractivity contribution in [2.24, 2.45) is 5.92 Å². The van der Waals surface area contributed by atoms with Gasteiger partial charge in [0.2, 0.25) is 11.8 Å². The number of aliphatic carboxylic acids is 1. The van der Waals surface area contributed by atoms with Crippen LogP contribution in [0.15, 0.2) is 42.5 Å². The lowest BCUT2D eigenvalue weighted by Crippen LogP contribution is -2.54. The first kappa shape index (κ1) is 24.5. The van der Waals surface area contributed by atoms with Gasteiger partial charge in [-0.05, 0) is 73.8 Å². The van der Waals surface area contributed by atoms with Gasteiger partial charge in [0.15, 0.2) is 0 Å². The molecule has 2 amide bonds. The van der Waals surface area contributed by atoms with E-state index in [1.54, 1.807) is 0 Å². The van der Waals surface area contributed by atoms with Crippen molar-refractivity contribution in [2.75, 3.05) is 4.90 Å². The number of carbonyl (C=O) groups is 3. The van der Waals surface area contributed by atoms with Gasteiger partial charge in [-0.3, -0.25) is 14.4 Å². The van der Waals surface area contributed by atoms with Crippen LogP contribution < -0.4 is 4.90 Å². The van der Waals surface area contributed by atoms with Crippen LogP contribution in [0.25, 0.3) is 0 Å². The van der Waals surface area contributed by atoms with Crippen LogP contribution >= 0.6 is 11.6 Å². The number of amides is 2. The highest BCUT2D eigenvalue weighted by Crippen LogP contribution is 2.54. The molecule has 0 bridgehead atoms. The molecular weight excluding hydrogens is 488 g/mol. The van der Waals surface area contributed by atoms with Crippen LogP contribution in [0.5, 0.6) is 0 Å². The van der Waals surface area contributed by atoms with Crippen molar-refractivity contribution >= 4 is 35.1 Å². The molecule has 1 heterocycles. The maximum atomic E-state index is 14.4. The minimum Gasteiger partial charge on any atom is -0.481 e. The first-order valence-electron chi connectivity index (χ1n) is 13.7.